The van der Waals surface area contributed by atoms with Crippen molar-refractivity contribution in [1.29, 1.82) is 0 Å². The number of pyridine rings is 1. The highest BCUT2D eigenvalue weighted by Crippen LogP contribution is 2.39. The second-order valence-electron chi connectivity index (χ2n) is 7.93. The van der Waals surface area contributed by atoms with Gasteiger partial charge in [-0.3, -0.25) is 18.8 Å². The normalized spacial score (nSPS) is 21.2. The molecule has 152 valence electrons. The monoisotopic (exact) mass is 403 g/mol. The molecule has 0 saturated carbocycles. The van der Waals surface area contributed by atoms with Crippen molar-refractivity contribution in [3.05, 3.63) is 76.3 Å². The molecule has 3 aromatic rings. The molecule has 2 aromatic heterocycles. The quantitative estimate of drug-likeness (QED) is 0.624. The number of rotatable bonds is 1. The van der Waals surface area contributed by atoms with Gasteiger partial charge in [0.1, 0.15) is 22.6 Å². The van der Waals surface area contributed by atoms with Crippen molar-refractivity contribution in [1.82, 2.24) is 14.3 Å². The number of benzene rings is 1. The van der Waals surface area contributed by atoms with Crippen molar-refractivity contribution in [2.75, 3.05) is 13.1 Å². The second kappa shape index (κ2) is 7.09. The van der Waals surface area contributed by atoms with E-state index in [9.17, 15) is 14.4 Å². The average molecular weight is 403 g/mol. The van der Waals surface area contributed by atoms with Gasteiger partial charge < -0.3 is 9.64 Å². The van der Waals surface area contributed by atoms with Crippen molar-refractivity contribution in [3.8, 4) is 5.75 Å². The molecule has 1 unspecified atom stereocenters. The molecular formula is C23H21N3O4. The van der Waals surface area contributed by atoms with Gasteiger partial charge in [-0.2, -0.15) is 0 Å². The number of carbonyl (C=O) groups is 2. The number of fused-ring (bicyclic) bond motifs is 2. The molecule has 0 aliphatic carbocycles. The van der Waals surface area contributed by atoms with Crippen LogP contribution in [0.15, 0.2) is 59.7 Å². The lowest BCUT2D eigenvalue weighted by atomic mass is 9.84. The number of hydrogen-bond acceptors (Lipinski definition) is 5. The van der Waals surface area contributed by atoms with Gasteiger partial charge in [-0.05, 0) is 37.1 Å². The number of carbonyl (C=O) groups excluding carboxylic acids is 2. The van der Waals surface area contributed by atoms with Crippen molar-refractivity contribution >= 4 is 17.3 Å². The molecule has 4 heterocycles. The number of hydrogen-bond donors (Lipinski definition) is 0. The number of amides is 1. The molecule has 2 aliphatic heterocycles. The van der Waals surface area contributed by atoms with E-state index in [1.54, 1.807) is 35.4 Å². The van der Waals surface area contributed by atoms with E-state index in [4.69, 9.17) is 4.74 Å². The highest BCUT2D eigenvalue weighted by molar-refractivity contribution is 6.00. The topological polar surface area (TPSA) is 81.0 Å². The van der Waals surface area contributed by atoms with Crippen LogP contribution >= 0.6 is 0 Å². The Kier molecular flexibility index (Phi) is 4.38. The molecule has 1 fully saturated rings. The standard InChI is InChI=1S/C23H21N3O4/c27-18-14-23(30-19-7-2-1-6-16(18)19)9-5-11-25(13-10-23)21(28)17-15-24-20-8-3-4-12-26(20)22(17)29/h1-4,6-8,12,15H,5,9-11,13-14H2. The molecule has 0 radical (unpaired) electrons. The molecule has 1 aromatic carbocycles. The van der Waals surface area contributed by atoms with Crippen LogP contribution in [-0.4, -0.2) is 44.7 Å². The summed E-state index contributed by atoms with van der Waals surface area (Å²) in [5, 5.41) is 0. The van der Waals surface area contributed by atoms with Gasteiger partial charge in [0.15, 0.2) is 5.78 Å². The molecule has 0 bridgehead atoms. The number of Topliss-reactive ketones (excluding diaryl/α,β-unsaturated/α-hetero) is 1. The van der Waals surface area contributed by atoms with E-state index in [1.807, 2.05) is 18.2 Å². The Morgan fingerprint density at radius 3 is 2.77 bits per heavy atom. The van der Waals surface area contributed by atoms with E-state index in [-0.39, 0.29) is 22.8 Å². The lowest BCUT2D eigenvalue weighted by Crippen LogP contribution is -2.43. The van der Waals surface area contributed by atoms with Gasteiger partial charge in [-0.25, -0.2) is 4.98 Å². The Morgan fingerprint density at radius 1 is 1.03 bits per heavy atom. The molecule has 7 nitrogen and oxygen atoms in total. The second-order valence-corrected chi connectivity index (χ2v) is 7.93. The average Bonchev–Trinajstić information content (AvgIpc) is 2.96. The summed E-state index contributed by atoms with van der Waals surface area (Å²) >= 11 is 0. The molecule has 2 aliphatic rings. The third-order valence-electron chi connectivity index (χ3n) is 6.03. The summed E-state index contributed by atoms with van der Waals surface area (Å²) in [6, 6.07) is 12.6. The van der Waals surface area contributed by atoms with Gasteiger partial charge in [0, 0.05) is 31.9 Å². The van der Waals surface area contributed by atoms with Crippen LogP contribution in [0.2, 0.25) is 0 Å². The zero-order valence-corrected chi connectivity index (χ0v) is 16.4. The molecule has 7 heteroatoms. The maximum absolute atomic E-state index is 13.1. The number of ketones is 1. The lowest BCUT2D eigenvalue weighted by Gasteiger charge is -2.37. The van der Waals surface area contributed by atoms with Crippen LogP contribution in [0.25, 0.3) is 5.65 Å². The Labute approximate surface area is 172 Å². The molecule has 5 rings (SSSR count). The Balaban J connectivity index is 1.39. The summed E-state index contributed by atoms with van der Waals surface area (Å²) in [6.45, 7) is 0.932. The van der Waals surface area contributed by atoms with Gasteiger partial charge in [0.05, 0.1) is 12.0 Å². The van der Waals surface area contributed by atoms with Crippen molar-refractivity contribution in [2.45, 2.75) is 31.3 Å². The van der Waals surface area contributed by atoms with Gasteiger partial charge in [-0.1, -0.05) is 18.2 Å². The first-order chi connectivity index (χ1) is 14.6. The number of para-hydroxylation sites is 1. The number of aromatic nitrogens is 2. The van der Waals surface area contributed by atoms with E-state index in [0.717, 1.165) is 0 Å². The van der Waals surface area contributed by atoms with E-state index >= 15 is 0 Å². The fraction of sp³-hybridized carbons (Fsp3) is 0.304. The summed E-state index contributed by atoms with van der Waals surface area (Å²) < 4.78 is 7.67. The minimum Gasteiger partial charge on any atom is -0.486 e. The molecule has 1 atom stereocenters. The van der Waals surface area contributed by atoms with E-state index in [2.05, 4.69) is 4.98 Å². The van der Waals surface area contributed by atoms with Crippen LogP contribution in [-0.2, 0) is 0 Å². The number of ether oxygens (including phenoxy) is 1. The van der Waals surface area contributed by atoms with Crippen LogP contribution in [0.1, 0.15) is 46.4 Å². The molecule has 0 N–H and O–H groups in total. The van der Waals surface area contributed by atoms with Gasteiger partial charge in [-0.15, -0.1) is 0 Å². The minimum atomic E-state index is -0.600. The predicted octanol–water partition coefficient (Wildman–Crippen LogP) is 2.72. The first kappa shape index (κ1) is 18.5. The molecule has 30 heavy (non-hydrogen) atoms. The molecule has 1 spiro atoms. The first-order valence-corrected chi connectivity index (χ1v) is 10.1. The van der Waals surface area contributed by atoms with Gasteiger partial charge >= 0.3 is 0 Å². The SMILES string of the molecule is O=C1CC2(CCCN(C(=O)c3cnc4ccccn4c3=O)CC2)Oc2ccccc21. The third-order valence-corrected chi connectivity index (χ3v) is 6.03. The maximum Gasteiger partial charge on any atom is 0.270 e. The summed E-state index contributed by atoms with van der Waals surface area (Å²) in [7, 11) is 0. The Hall–Kier alpha value is -3.48. The fourth-order valence-corrected chi connectivity index (χ4v) is 4.44. The Morgan fingerprint density at radius 2 is 1.87 bits per heavy atom. The first-order valence-electron chi connectivity index (χ1n) is 10.1. The largest absolute Gasteiger partial charge is 0.486 e. The smallest absolute Gasteiger partial charge is 0.270 e. The van der Waals surface area contributed by atoms with Gasteiger partial charge in [0.25, 0.3) is 11.5 Å². The van der Waals surface area contributed by atoms with Crippen LogP contribution in [0.3, 0.4) is 0 Å². The number of likely N-dealkylation sites (tertiary alicyclic amines) is 1. The molecule has 1 saturated heterocycles. The van der Waals surface area contributed by atoms with Crippen LogP contribution in [0.5, 0.6) is 5.75 Å². The van der Waals surface area contributed by atoms with Crippen LogP contribution < -0.4 is 10.3 Å². The number of nitrogens with zero attached hydrogens (tertiary/aromatic N) is 3. The fourth-order valence-electron chi connectivity index (χ4n) is 4.44. The summed E-state index contributed by atoms with van der Waals surface area (Å²) in [5.41, 5.74) is 0.206. The van der Waals surface area contributed by atoms with Crippen LogP contribution in [0.4, 0.5) is 0 Å². The van der Waals surface area contributed by atoms with E-state index < -0.39 is 5.60 Å². The summed E-state index contributed by atoms with van der Waals surface area (Å²) in [6.07, 6.45) is 5.21. The molecule has 1 amide bonds. The minimum absolute atomic E-state index is 0.0561. The highest BCUT2D eigenvalue weighted by atomic mass is 16.5. The molecular weight excluding hydrogens is 382 g/mol. The lowest BCUT2D eigenvalue weighted by molar-refractivity contribution is 0.0300. The zero-order valence-electron chi connectivity index (χ0n) is 16.4. The Bertz CT molecular complexity index is 1220. The predicted molar refractivity (Wildman–Crippen MR) is 110 cm³/mol. The third kappa shape index (κ3) is 3.07. The van der Waals surface area contributed by atoms with Crippen molar-refractivity contribution in [3.63, 3.8) is 0 Å². The highest BCUT2D eigenvalue weighted by Gasteiger charge is 2.42. The summed E-state index contributed by atoms with van der Waals surface area (Å²) in [4.78, 5) is 44.5. The maximum atomic E-state index is 13.1. The van der Waals surface area contributed by atoms with Crippen molar-refractivity contribution < 1.29 is 14.3 Å². The zero-order chi connectivity index (χ0) is 20.7. The van der Waals surface area contributed by atoms with E-state index in [1.165, 1.54) is 10.6 Å². The van der Waals surface area contributed by atoms with Crippen LogP contribution in [0, 0.1) is 0 Å². The van der Waals surface area contributed by atoms with Crippen molar-refractivity contribution in [2.24, 2.45) is 0 Å². The summed E-state index contributed by atoms with van der Waals surface area (Å²) in [5.74, 6) is 0.365. The van der Waals surface area contributed by atoms with Gasteiger partial charge in [0.2, 0.25) is 0 Å². The van der Waals surface area contributed by atoms with E-state index in [0.29, 0.717) is 55.7 Å².